The number of carbonyl (C=O) groups excluding carboxylic acids is 1. The van der Waals surface area contributed by atoms with Gasteiger partial charge in [-0.05, 0) is 23.5 Å². The second-order valence-corrected chi connectivity index (χ2v) is 6.26. The number of hydrogen-bond acceptors (Lipinski definition) is 3. The molecule has 0 radical (unpaired) electrons. The topological polar surface area (TPSA) is 58.6 Å². The summed E-state index contributed by atoms with van der Waals surface area (Å²) in [5.41, 5.74) is 1.85. The summed E-state index contributed by atoms with van der Waals surface area (Å²) in [6.07, 6.45) is 2.27. The van der Waals surface area contributed by atoms with Crippen molar-refractivity contribution in [2.75, 3.05) is 6.61 Å². The van der Waals surface area contributed by atoms with Gasteiger partial charge in [-0.1, -0.05) is 34.6 Å². The minimum atomic E-state index is -0.452. The van der Waals surface area contributed by atoms with Crippen LogP contribution in [0, 0.1) is 11.3 Å². The van der Waals surface area contributed by atoms with E-state index in [-0.39, 0.29) is 17.2 Å². The minimum absolute atomic E-state index is 0.155. The Morgan fingerprint density at radius 1 is 1.50 bits per heavy atom. The van der Waals surface area contributed by atoms with Crippen LogP contribution in [-0.2, 0) is 9.53 Å². The fourth-order valence-electron chi connectivity index (χ4n) is 2.69. The first kappa shape index (κ1) is 16.8. The molecular weight excluding hydrogens is 254 g/mol. The number of ether oxygens (including phenoxy) is 1. The summed E-state index contributed by atoms with van der Waals surface area (Å²) >= 11 is 0. The lowest BCUT2D eigenvalue weighted by Gasteiger charge is -2.37. The van der Waals surface area contributed by atoms with E-state index in [0.29, 0.717) is 12.5 Å². The molecule has 0 aromatic rings. The van der Waals surface area contributed by atoms with E-state index in [4.69, 9.17) is 4.74 Å². The number of carbonyl (C=O) groups is 1. The molecule has 1 rings (SSSR count). The Bertz CT molecular complexity index is 433. The molecule has 1 aliphatic heterocycles. The molecule has 4 heteroatoms. The largest absolute Gasteiger partial charge is 0.474 e. The van der Waals surface area contributed by atoms with Gasteiger partial charge in [-0.2, -0.15) is 0 Å². The van der Waals surface area contributed by atoms with Crippen molar-refractivity contribution in [2.24, 2.45) is 11.3 Å². The molecule has 0 bridgehead atoms. The van der Waals surface area contributed by atoms with Crippen LogP contribution in [-0.4, -0.2) is 23.7 Å². The van der Waals surface area contributed by atoms with E-state index >= 15 is 0 Å². The number of aliphatic hydroxyl groups excluding tert-OH is 1. The second kappa shape index (κ2) is 6.44. The van der Waals surface area contributed by atoms with Gasteiger partial charge in [0.05, 0.1) is 6.10 Å². The molecule has 0 aliphatic carbocycles. The molecule has 0 spiro atoms. The van der Waals surface area contributed by atoms with Crippen molar-refractivity contribution in [1.29, 1.82) is 0 Å². The highest BCUT2D eigenvalue weighted by Gasteiger charge is 2.36. The van der Waals surface area contributed by atoms with Gasteiger partial charge in [0.25, 0.3) is 0 Å². The molecule has 20 heavy (non-hydrogen) atoms. The van der Waals surface area contributed by atoms with Crippen molar-refractivity contribution >= 4 is 5.91 Å². The molecule has 1 heterocycles. The summed E-state index contributed by atoms with van der Waals surface area (Å²) in [7, 11) is 0. The third-order valence-electron chi connectivity index (χ3n) is 3.85. The average molecular weight is 281 g/mol. The fraction of sp³-hybridized carbons (Fsp3) is 0.688. The Hall–Kier alpha value is -1.29. The van der Waals surface area contributed by atoms with Crippen molar-refractivity contribution in [3.63, 3.8) is 0 Å². The number of allylic oxidation sites excluding steroid dienone is 1. The Labute approximate surface area is 121 Å². The zero-order chi connectivity index (χ0) is 15.5. The lowest BCUT2D eigenvalue weighted by atomic mass is 9.72. The number of rotatable bonds is 5. The summed E-state index contributed by atoms with van der Waals surface area (Å²) < 4.78 is 5.55. The fourth-order valence-corrected chi connectivity index (χ4v) is 2.69. The van der Waals surface area contributed by atoms with Gasteiger partial charge in [0.1, 0.15) is 6.61 Å². The zero-order valence-corrected chi connectivity index (χ0v) is 13.4. The monoisotopic (exact) mass is 281 g/mol. The number of nitrogens with one attached hydrogen (secondary N) is 1. The van der Waals surface area contributed by atoms with Gasteiger partial charge in [-0.15, -0.1) is 0 Å². The van der Waals surface area contributed by atoms with Gasteiger partial charge < -0.3 is 9.84 Å². The molecule has 4 nitrogen and oxygen atoms in total. The Kier molecular flexibility index (Phi) is 5.40. The van der Waals surface area contributed by atoms with Gasteiger partial charge in [0.15, 0.2) is 5.88 Å². The lowest BCUT2D eigenvalue weighted by molar-refractivity contribution is -0.119. The van der Waals surface area contributed by atoms with Gasteiger partial charge in [-0.25, -0.2) is 0 Å². The van der Waals surface area contributed by atoms with Gasteiger partial charge in [0, 0.05) is 18.4 Å². The van der Waals surface area contributed by atoms with E-state index < -0.39 is 6.10 Å². The molecule has 0 aromatic carbocycles. The van der Waals surface area contributed by atoms with E-state index in [2.05, 4.69) is 12.2 Å². The summed E-state index contributed by atoms with van der Waals surface area (Å²) in [4.78, 5) is 11.2. The number of aliphatic hydroxyl groups is 1. The van der Waals surface area contributed by atoms with Crippen molar-refractivity contribution in [1.82, 2.24) is 5.32 Å². The maximum Gasteiger partial charge on any atom is 0.223 e. The summed E-state index contributed by atoms with van der Waals surface area (Å²) in [5, 5.41) is 13.2. The molecule has 0 aromatic heterocycles. The quantitative estimate of drug-likeness (QED) is 0.814. The van der Waals surface area contributed by atoms with E-state index in [1.54, 1.807) is 0 Å². The van der Waals surface area contributed by atoms with Crippen molar-refractivity contribution < 1.29 is 14.6 Å². The third-order valence-corrected chi connectivity index (χ3v) is 3.85. The van der Waals surface area contributed by atoms with E-state index in [0.717, 1.165) is 12.0 Å². The summed E-state index contributed by atoms with van der Waals surface area (Å²) in [5.74, 6) is 0.475. The molecule has 1 atom stereocenters. The van der Waals surface area contributed by atoms with Gasteiger partial charge in [0.2, 0.25) is 5.91 Å². The van der Waals surface area contributed by atoms with Crippen LogP contribution in [0.2, 0.25) is 0 Å². The maximum absolute atomic E-state index is 11.2. The highest BCUT2D eigenvalue weighted by molar-refractivity contribution is 5.74. The summed E-state index contributed by atoms with van der Waals surface area (Å²) in [6.45, 7) is 12.1. The molecule has 0 saturated carbocycles. The van der Waals surface area contributed by atoms with Crippen LogP contribution >= 0.6 is 0 Å². The molecule has 2 N–H and O–H groups in total. The Morgan fingerprint density at radius 3 is 2.55 bits per heavy atom. The van der Waals surface area contributed by atoms with Gasteiger partial charge in [-0.3, -0.25) is 10.1 Å². The van der Waals surface area contributed by atoms with Crippen LogP contribution in [0.25, 0.3) is 0 Å². The molecule has 1 aliphatic rings. The number of amides is 1. The normalized spacial score (nSPS) is 17.7. The maximum atomic E-state index is 11.2. The minimum Gasteiger partial charge on any atom is -0.474 e. The van der Waals surface area contributed by atoms with Crippen LogP contribution < -0.4 is 5.32 Å². The van der Waals surface area contributed by atoms with Gasteiger partial charge >= 0.3 is 0 Å². The average Bonchev–Trinajstić information content (AvgIpc) is 2.36. The smallest absolute Gasteiger partial charge is 0.223 e. The van der Waals surface area contributed by atoms with E-state index in [9.17, 15) is 9.90 Å². The molecular formula is C16H27NO3. The molecule has 114 valence electrons. The number of hydrogen-bond donors (Lipinski definition) is 2. The van der Waals surface area contributed by atoms with Crippen LogP contribution in [0.1, 0.15) is 48.0 Å². The third kappa shape index (κ3) is 3.63. The Balaban J connectivity index is 3.17. The van der Waals surface area contributed by atoms with Crippen LogP contribution in [0.5, 0.6) is 0 Å². The summed E-state index contributed by atoms with van der Waals surface area (Å²) in [6, 6.07) is 0. The van der Waals surface area contributed by atoms with Crippen molar-refractivity contribution in [3.05, 3.63) is 23.1 Å². The highest BCUT2D eigenvalue weighted by atomic mass is 16.5. The van der Waals surface area contributed by atoms with Crippen molar-refractivity contribution in [3.8, 4) is 0 Å². The second-order valence-electron chi connectivity index (χ2n) is 6.26. The van der Waals surface area contributed by atoms with E-state index in [1.165, 1.54) is 12.5 Å². The lowest BCUT2D eigenvalue weighted by Crippen LogP contribution is -2.37. The Morgan fingerprint density at radius 2 is 2.10 bits per heavy atom. The SMILES string of the molecule is CCC1=C(C(C)(C)C(O)C(C)C)C=C(NC(C)=O)OC1. The van der Waals surface area contributed by atoms with Crippen LogP contribution in [0.4, 0.5) is 0 Å². The molecule has 1 amide bonds. The first-order valence-electron chi connectivity index (χ1n) is 7.22. The van der Waals surface area contributed by atoms with E-state index in [1.807, 2.05) is 33.8 Å². The van der Waals surface area contributed by atoms with Crippen molar-refractivity contribution in [2.45, 2.75) is 54.1 Å². The predicted molar refractivity (Wildman–Crippen MR) is 79.8 cm³/mol. The molecule has 0 fully saturated rings. The first-order valence-corrected chi connectivity index (χ1v) is 7.22. The molecule has 0 saturated heterocycles. The zero-order valence-electron chi connectivity index (χ0n) is 13.4. The van der Waals surface area contributed by atoms with Crippen LogP contribution in [0.3, 0.4) is 0 Å². The highest BCUT2D eigenvalue weighted by Crippen LogP contribution is 2.39. The molecule has 1 unspecified atom stereocenters. The van der Waals surface area contributed by atoms with Crippen LogP contribution in [0.15, 0.2) is 23.1 Å². The predicted octanol–water partition coefficient (Wildman–Crippen LogP) is 2.74. The first-order chi connectivity index (χ1) is 9.20. The standard InChI is InChI=1S/C16H27NO3/c1-7-12-9-20-14(17-11(4)18)8-13(12)16(5,6)15(19)10(2)3/h8,10,15,19H,7,9H2,1-6H3,(H,17,18).